The summed E-state index contributed by atoms with van der Waals surface area (Å²) in [5.41, 5.74) is 0.837. The molecule has 0 aliphatic carbocycles. The summed E-state index contributed by atoms with van der Waals surface area (Å²) in [4.78, 5) is 6.08. The largest absolute Gasteiger partial charge is 0.389 e. The number of rotatable bonds is 4. The van der Waals surface area contributed by atoms with Crippen molar-refractivity contribution in [2.75, 3.05) is 18.5 Å². The van der Waals surface area contributed by atoms with Gasteiger partial charge < -0.3 is 10.0 Å². The van der Waals surface area contributed by atoms with Crippen LogP contribution in [0.25, 0.3) is 0 Å². The summed E-state index contributed by atoms with van der Waals surface area (Å²) >= 11 is 0. The molecule has 1 aromatic rings. The van der Waals surface area contributed by atoms with E-state index < -0.39 is 6.10 Å². The second-order valence-corrected chi connectivity index (χ2v) is 3.45. The van der Waals surface area contributed by atoms with E-state index in [0.717, 1.165) is 11.4 Å². The summed E-state index contributed by atoms with van der Waals surface area (Å²) in [6.45, 7) is 2.36. The predicted molar refractivity (Wildman–Crippen MR) is 58.4 cm³/mol. The van der Waals surface area contributed by atoms with Crippen molar-refractivity contribution >= 4 is 5.82 Å². The number of nitrogens with zero attached hydrogens (tertiary/aromatic N) is 3. The highest BCUT2D eigenvalue weighted by atomic mass is 16.3. The third kappa shape index (κ3) is 3.22. The van der Waals surface area contributed by atoms with Crippen LogP contribution in [0.3, 0.4) is 0 Å². The lowest BCUT2D eigenvalue weighted by Gasteiger charge is -2.17. The Kier molecular flexibility index (Phi) is 4.07. The smallest absolute Gasteiger partial charge is 0.128 e. The highest BCUT2D eigenvalue weighted by Gasteiger charge is 2.05. The van der Waals surface area contributed by atoms with Crippen molar-refractivity contribution in [3.63, 3.8) is 0 Å². The minimum Gasteiger partial charge on any atom is -0.389 e. The Labute approximate surface area is 89.8 Å². The Bertz CT molecular complexity index is 357. The Morgan fingerprint density at radius 2 is 2.40 bits per heavy atom. The number of hydrogen-bond donors (Lipinski definition) is 1. The van der Waals surface area contributed by atoms with Gasteiger partial charge in [0.2, 0.25) is 0 Å². The molecular formula is C11H15N3O. The first kappa shape index (κ1) is 11.5. The molecule has 1 unspecified atom stereocenters. The van der Waals surface area contributed by atoms with Gasteiger partial charge in [-0.3, -0.25) is 0 Å². The molecular weight excluding hydrogens is 190 g/mol. The minimum atomic E-state index is -0.490. The van der Waals surface area contributed by atoms with Crippen molar-refractivity contribution in [1.82, 2.24) is 4.98 Å². The topological polar surface area (TPSA) is 60.2 Å². The average molecular weight is 205 g/mol. The Morgan fingerprint density at radius 1 is 1.67 bits per heavy atom. The minimum absolute atomic E-state index is 0.469. The Hall–Kier alpha value is -1.60. The molecule has 1 N–H and O–H groups in total. The van der Waals surface area contributed by atoms with Crippen LogP contribution in [-0.4, -0.2) is 23.7 Å². The fraction of sp³-hybridized carbons (Fsp3) is 0.455. The molecule has 0 radical (unpaired) electrons. The monoisotopic (exact) mass is 205 g/mol. The van der Waals surface area contributed by atoms with Crippen molar-refractivity contribution < 1.29 is 5.11 Å². The average Bonchev–Trinajstić information content (AvgIpc) is 2.26. The molecule has 0 saturated carbocycles. The van der Waals surface area contributed by atoms with Crippen LogP contribution in [0.4, 0.5) is 5.82 Å². The third-order valence-corrected chi connectivity index (χ3v) is 2.20. The lowest BCUT2D eigenvalue weighted by molar-refractivity contribution is 0.199. The fourth-order valence-electron chi connectivity index (χ4n) is 1.24. The molecule has 15 heavy (non-hydrogen) atoms. The van der Waals surface area contributed by atoms with E-state index in [1.165, 1.54) is 0 Å². The maximum Gasteiger partial charge on any atom is 0.128 e. The van der Waals surface area contributed by atoms with E-state index in [2.05, 4.69) is 11.1 Å². The maximum absolute atomic E-state index is 9.41. The van der Waals surface area contributed by atoms with Gasteiger partial charge in [-0.2, -0.15) is 5.26 Å². The van der Waals surface area contributed by atoms with Crippen LogP contribution in [0.1, 0.15) is 25.0 Å². The highest BCUT2D eigenvalue weighted by Crippen LogP contribution is 2.16. The van der Waals surface area contributed by atoms with Crippen LogP contribution < -0.4 is 4.90 Å². The quantitative estimate of drug-likeness (QED) is 0.808. The normalized spacial score (nSPS) is 11.9. The van der Waals surface area contributed by atoms with E-state index >= 15 is 0 Å². The molecule has 0 spiro atoms. The first-order valence-electron chi connectivity index (χ1n) is 4.87. The molecule has 0 aromatic carbocycles. The molecule has 1 rings (SSSR count). The second kappa shape index (κ2) is 5.32. The van der Waals surface area contributed by atoms with Gasteiger partial charge in [0.25, 0.3) is 0 Å². The van der Waals surface area contributed by atoms with E-state index in [1.807, 2.05) is 18.0 Å². The second-order valence-electron chi connectivity index (χ2n) is 3.45. The summed E-state index contributed by atoms with van der Waals surface area (Å²) in [6, 6.07) is 5.71. The van der Waals surface area contributed by atoms with E-state index in [-0.39, 0.29) is 0 Å². The summed E-state index contributed by atoms with van der Waals surface area (Å²) in [5, 5.41) is 17.9. The van der Waals surface area contributed by atoms with E-state index in [0.29, 0.717) is 13.0 Å². The van der Waals surface area contributed by atoms with Crippen molar-refractivity contribution in [2.24, 2.45) is 0 Å². The number of anilines is 1. The lowest BCUT2D eigenvalue weighted by atomic mass is 10.2. The van der Waals surface area contributed by atoms with Crippen LogP contribution in [0.2, 0.25) is 0 Å². The van der Waals surface area contributed by atoms with Crippen molar-refractivity contribution in [2.45, 2.75) is 19.4 Å². The van der Waals surface area contributed by atoms with E-state index in [4.69, 9.17) is 5.26 Å². The molecule has 0 bridgehead atoms. The molecule has 1 atom stereocenters. The van der Waals surface area contributed by atoms with Crippen LogP contribution in [0, 0.1) is 11.3 Å². The van der Waals surface area contributed by atoms with Crippen LogP contribution >= 0.6 is 0 Å². The molecule has 0 saturated heterocycles. The predicted octanol–water partition coefficient (Wildman–Crippen LogP) is 1.48. The number of nitriles is 1. The molecule has 80 valence electrons. The molecule has 0 aliphatic heterocycles. The van der Waals surface area contributed by atoms with Crippen LogP contribution in [-0.2, 0) is 0 Å². The third-order valence-electron chi connectivity index (χ3n) is 2.20. The standard InChI is InChI=1S/C11H15N3O/c1-9(15)10-4-6-13-11(8-10)14(2)7-3-5-12/h4,6,8-9,15H,3,7H2,1-2H3. The lowest BCUT2D eigenvalue weighted by Crippen LogP contribution is -2.19. The summed E-state index contributed by atoms with van der Waals surface area (Å²) in [6.07, 6.45) is 1.65. The number of hydrogen-bond acceptors (Lipinski definition) is 4. The first-order valence-corrected chi connectivity index (χ1v) is 4.87. The van der Waals surface area contributed by atoms with Gasteiger partial charge in [-0.15, -0.1) is 0 Å². The zero-order chi connectivity index (χ0) is 11.3. The SMILES string of the molecule is CC(O)c1ccnc(N(C)CCC#N)c1. The van der Waals surface area contributed by atoms with Crippen molar-refractivity contribution in [1.29, 1.82) is 5.26 Å². The maximum atomic E-state index is 9.41. The number of aliphatic hydroxyl groups is 1. The van der Waals surface area contributed by atoms with Gasteiger partial charge in [-0.1, -0.05) is 0 Å². The van der Waals surface area contributed by atoms with Gasteiger partial charge in [0.05, 0.1) is 18.6 Å². The molecule has 4 nitrogen and oxygen atoms in total. The van der Waals surface area contributed by atoms with Gasteiger partial charge >= 0.3 is 0 Å². The van der Waals surface area contributed by atoms with Gasteiger partial charge in [0.1, 0.15) is 5.82 Å². The van der Waals surface area contributed by atoms with E-state index in [9.17, 15) is 5.11 Å². The molecule has 1 heterocycles. The van der Waals surface area contributed by atoms with Crippen molar-refractivity contribution in [3.05, 3.63) is 23.9 Å². The van der Waals surface area contributed by atoms with Gasteiger partial charge in [0.15, 0.2) is 0 Å². The van der Waals surface area contributed by atoms with E-state index in [1.54, 1.807) is 19.2 Å². The van der Waals surface area contributed by atoms with Gasteiger partial charge in [0, 0.05) is 19.8 Å². The van der Waals surface area contributed by atoms with Crippen LogP contribution in [0.5, 0.6) is 0 Å². The summed E-state index contributed by atoms with van der Waals surface area (Å²) in [5.74, 6) is 0.781. The van der Waals surface area contributed by atoms with Gasteiger partial charge in [-0.05, 0) is 24.6 Å². The molecule has 1 aromatic heterocycles. The zero-order valence-corrected chi connectivity index (χ0v) is 9.01. The van der Waals surface area contributed by atoms with Crippen molar-refractivity contribution in [3.8, 4) is 6.07 Å². The molecule has 4 heteroatoms. The van der Waals surface area contributed by atoms with Crippen LogP contribution in [0.15, 0.2) is 18.3 Å². The van der Waals surface area contributed by atoms with Gasteiger partial charge in [-0.25, -0.2) is 4.98 Å². The zero-order valence-electron chi connectivity index (χ0n) is 9.01. The molecule has 0 fully saturated rings. The Balaban J connectivity index is 2.77. The summed E-state index contributed by atoms with van der Waals surface area (Å²) in [7, 11) is 1.88. The number of pyridine rings is 1. The highest BCUT2D eigenvalue weighted by molar-refractivity contribution is 5.40. The number of aromatic nitrogens is 1. The Morgan fingerprint density at radius 3 is 3.00 bits per heavy atom. The molecule has 0 amide bonds. The number of aliphatic hydroxyl groups excluding tert-OH is 1. The molecule has 0 aliphatic rings. The first-order chi connectivity index (χ1) is 7.15. The summed E-state index contributed by atoms with van der Waals surface area (Å²) < 4.78 is 0. The fourth-order valence-corrected chi connectivity index (χ4v) is 1.24.